The number of carboxylic acid groups (broad SMARTS) is 1. The third-order valence-electron chi connectivity index (χ3n) is 6.79. The molecule has 2 aliphatic rings. The zero-order valence-electron chi connectivity index (χ0n) is 21.2. The van der Waals surface area contributed by atoms with Crippen molar-refractivity contribution in [2.45, 2.75) is 17.4 Å². The molecule has 5 rings (SSSR count). The molecule has 0 aliphatic carbocycles. The molecule has 2 heterocycles. The highest BCUT2D eigenvalue weighted by molar-refractivity contribution is 7.89. The first-order valence-corrected chi connectivity index (χ1v) is 14.1. The second-order valence-electron chi connectivity index (χ2n) is 9.30. The summed E-state index contributed by atoms with van der Waals surface area (Å²) in [6.07, 6.45) is 0.352. The Morgan fingerprint density at radius 2 is 1.59 bits per heavy atom. The van der Waals surface area contributed by atoms with Crippen molar-refractivity contribution in [1.82, 2.24) is 9.21 Å². The number of fused-ring (bicyclic) bond motifs is 1. The fourth-order valence-corrected chi connectivity index (χ4v) is 6.32. The molecule has 1 saturated heterocycles. The van der Waals surface area contributed by atoms with Gasteiger partial charge in [-0.15, -0.1) is 0 Å². The van der Waals surface area contributed by atoms with Crippen molar-refractivity contribution in [2.24, 2.45) is 0 Å². The van der Waals surface area contributed by atoms with Gasteiger partial charge >= 0.3 is 5.97 Å². The summed E-state index contributed by atoms with van der Waals surface area (Å²) < 4.78 is 58.1. The number of morpholine rings is 1. The summed E-state index contributed by atoms with van der Waals surface area (Å²) in [4.78, 5) is 14.5. The first-order valence-electron chi connectivity index (χ1n) is 12.6. The number of nitrogens with zero attached hydrogens (tertiary/aromatic N) is 2. The van der Waals surface area contributed by atoms with Gasteiger partial charge in [-0.25, -0.2) is 12.8 Å². The minimum absolute atomic E-state index is 0.0113. The van der Waals surface area contributed by atoms with Gasteiger partial charge in [-0.3, -0.25) is 9.69 Å². The lowest BCUT2D eigenvalue weighted by Crippen LogP contribution is -2.43. The molecular weight excluding hydrogens is 527 g/mol. The van der Waals surface area contributed by atoms with Gasteiger partial charge in [0.15, 0.2) is 0 Å². The SMILES string of the molecule is O=C(O)C1c2ccc(OCCN3CCOCC3)cc2CCN1S(=O)(=O)c1ccc(Oc2ccc(F)cc2)cc1. The minimum atomic E-state index is -4.13. The Bertz CT molecular complexity index is 1410. The lowest BCUT2D eigenvalue weighted by molar-refractivity contribution is -0.142. The van der Waals surface area contributed by atoms with E-state index in [9.17, 15) is 22.7 Å². The molecule has 0 amide bonds. The summed E-state index contributed by atoms with van der Waals surface area (Å²) in [5.74, 6) is -0.265. The third-order valence-corrected chi connectivity index (χ3v) is 8.67. The quantitative estimate of drug-likeness (QED) is 0.426. The number of aliphatic carboxylic acids is 1. The molecule has 1 N–H and O–H groups in total. The van der Waals surface area contributed by atoms with Crippen LogP contribution in [0.5, 0.6) is 17.2 Å². The Balaban J connectivity index is 1.29. The highest BCUT2D eigenvalue weighted by atomic mass is 32.2. The average Bonchev–Trinajstić information content (AvgIpc) is 2.94. The molecule has 0 aromatic heterocycles. The number of rotatable bonds is 9. The molecule has 2 aliphatic heterocycles. The van der Waals surface area contributed by atoms with E-state index in [0.29, 0.717) is 49.1 Å². The molecule has 1 unspecified atom stereocenters. The van der Waals surface area contributed by atoms with Crippen molar-refractivity contribution in [3.05, 3.63) is 83.7 Å². The van der Waals surface area contributed by atoms with Crippen LogP contribution in [0.4, 0.5) is 4.39 Å². The first kappa shape index (κ1) is 27.1. The normalized spacial score (nSPS) is 18.3. The summed E-state index contributed by atoms with van der Waals surface area (Å²) >= 11 is 0. The van der Waals surface area contributed by atoms with Crippen LogP contribution in [0.15, 0.2) is 71.6 Å². The standard InChI is InChI=1S/C28H29FN2O7S/c29-21-1-3-22(4-2-21)38-23-5-8-25(9-6-23)39(34,35)31-12-11-20-19-24(7-10-26(20)27(31)28(32)33)37-18-15-30-13-16-36-17-14-30/h1-10,19,27H,11-18H2,(H,32,33). The van der Waals surface area contributed by atoms with Crippen molar-refractivity contribution < 1.29 is 36.9 Å². The van der Waals surface area contributed by atoms with Crippen LogP contribution < -0.4 is 9.47 Å². The maximum Gasteiger partial charge on any atom is 0.326 e. The van der Waals surface area contributed by atoms with Gasteiger partial charge < -0.3 is 19.3 Å². The predicted octanol–water partition coefficient (Wildman–Crippen LogP) is 3.70. The van der Waals surface area contributed by atoms with E-state index in [1.54, 1.807) is 18.2 Å². The highest BCUT2D eigenvalue weighted by Gasteiger charge is 2.40. The first-order chi connectivity index (χ1) is 18.8. The monoisotopic (exact) mass is 556 g/mol. The zero-order valence-corrected chi connectivity index (χ0v) is 22.0. The Hall–Kier alpha value is -3.51. The summed E-state index contributed by atoms with van der Waals surface area (Å²) in [6, 6.07) is 14.9. The van der Waals surface area contributed by atoms with Crippen LogP contribution in [0.25, 0.3) is 0 Å². The molecule has 9 nitrogen and oxygen atoms in total. The second kappa shape index (κ2) is 11.7. The number of sulfonamides is 1. The van der Waals surface area contributed by atoms with Crippen molar-refractivity contribution >= 4 is 16.0 Å². The summed E-state index contributed by atoms with van der Waals surface area (Å²) in [5, 5.41) is 10.0. The maximum atomic E-state index is 13.5. The number of benzene rings is 3. The van der Waals surface area contributed by atoms with E-state index in [-0.39, 0.29) is 11.4 Å². The van der Waals surface area contributed by atoms with Crippen LogP contribution in [0.2, 0.25) is 0 Å². The van der Waals surface area contributed by atoms with Crippen molar-refractivity contribution in [2.75, 3.05) is 46.0 Å². The topological polar surface area (TPSA) is 106 Å². The van der Waals surface area contributed by atoms with Gasteiger partial charge in [0.2, 0.25) is 10.0 Å². The van der Waals surface area contributed by atoms with Crippen LogP contribution in [0, 0.1) is 5.82 Å². The number of carbonyl (C=O) groups is 1. The third kappa shape index (κ3) is 6.22. The van der Waals surface area contributed by atoms with Crippen LogP contribution in [0.3, 0.4) is 0 Å². The van der Waals surface area contributed by atoms with E-state index in [4.69, 9.17) is 14.2 Å². The van der Waals surface area contributed by atoms with Crippen molar-refractivity contribution in [1.29, 1.82) is 0 Å². The molecule has 3 aromatic rings. The molecule has 0 bridgehead atoms. The second-order valence-corrected chi connectivity index (χ2v) is 11.2. The number of halogens is 1. The Morgan fingerprint density at radius 1 is 0.949 bits per heavy atom. The van der Waals surface area contributed by atoms with Crippen molar-refractivity contribution in [3.8, 4) is 17.2 Å². The van der Waals surface area contributed by atoms with E-state index in [1.165, 1.54) is 48.5 Å². The lowest BCUT2D eigenvalue weighted by Gasteiger charge is -2.34. The largest absolute Gasteiger partial charge is 0.492 e. The molecule has 206 valence electrons. The molecule has 11 heteroatoms. The van der Waals surface area contributed by atoms with Crippen LogP contribution >= 0.6 is 0 Å². The molecule has 0 spiro atoms. The maximum absolute atomic E-state index is 13.5. The molecule has 0 radical (unpaired) electrons. The van der Waals surface area contributed by atoms with Crippen LogP contribution in [0.1, 0.15) is 17.2 Å². The van der Waals surface area contributed by atoms with E-state index in [0.717, 1.165) is 29.5 Å². The predicted molar refractivity (Wildman–Crippen MR) is 140 cm³/mol. The molecule has 1 atom stereocenters. The number of hydrogen-bond donors (Lipinski definition) is 1. The van der Waals surface area contributed by atoms with E-state index >= 15 is 0 Å². The number of carboxylic acids is 1. The summed E-state index contributed by atoms with van der Waals surface area (Å²) in [6.45, 7) is 4.41. The van der Waals surface area contributed by atoms with Gasteiger partial charge in [-0.2, -0.15) is 4.31 Å². The van der Waals surface area contributed by atoms with Gasteiger partial charge in [0, 0.05) is 26.2 Å². The van der Waals surface area contributed by atoms with E-state index in [1.807, 2.05) is 0 Å². The number of ether oxygens (including phenoxy) is 3. The molecule has 1 fully saturated rings. The van der Waals surface area contributed by atoms with Gasteiger partial charge in [-0.05, 0) is 78.2 Å². The van der Waals surface area contributed by atoms with Crippen LogP contribution in [-0.2, 0) is 26.0 Å². The lowest BCUT2D eigenvalue weighted by atomic mass is 9.94. The van der Waals surface area contributed by atoms with Gasteiger partial charge in [0.05, 0.1) is 18.1 Å². The summed E-state index contributed by atoms with van der Waals surface area (Å²) in [5.41, 5.74) is 1.18. The van der Waals surface area contributed by atoms with E-state index in [2.05, 4.69) is 4.90 Å². The van der Waals surface area contributed by atoms with E-state index < -0.39 is 27.9 Å². The van der Waals surface area contributed by atoms with Gasteiger partial charge in [0.1, 0.15) is 35.7 Å². The Labute approximate surface area is 226 Å². The smallest absolute Gasteiger partial charge is 0.326 e. The van der Waals surface area contributed by atoms with Crippen molar-refractivity contribution in [3.63, 3.8) is 0 Å². The minimum Gasteiger partial charge on any atom is -0.492 e. The molecule has 0 saturated carbocycles. The van der Waals surface area contributed by atoms with Gasteiger partial charge in [-0.1, -0.05) is 6.07 Å². The number of hydrogen-bond acceptors (Lipinski definition) is 7. The van der Waals surface area contributed by atoms with Crippen LogP contribution in [-0.4, -0.2) is 74.7 Å². The molecular formula is C28H29FN2O7S. The zero-order chi connectivity index (χ0) is 27.4. The molecule has 39 heavy (non-hydrogen) atoms. The fourth-order valence-electron chi connectivity index (χ4n) is 4.76. The Kier molecular flexibility index (Phi) is 8.12. The average molecular weight is 557 g/mol. The summed E-state index contributed by atoms with van der Waals surface area (Å²) in [7, 11) is -4.13. The Morgan fingerprint density at radius 3 is 2.26 bits per heavy atom. The fraction of sp³-hybridized carbons (Fsp3) is 0.321. The highest BCUT2D eigenvalue weighted by Crippen LogP contribution is 2.36. The molecule has 3 aromatic carbocycles. The van der Waals surface area contributed by atoms with Gasteiger partial charge in [0.25, 0.3) is 0 Å².